The van der Waals surface area contributed by atoms with E-state index in [4.69, 9.17) is 24.7 Å². The number of amides is 2. The summed E-state index contributed by atoms with van der Waals surface area (Å²) in [6.07, 6.45) is 3.45. The van der Waals surface area contributed by atoms with Crippen LogP contribution in [0.2, 0.25) is 0 Å². The summed E-state index contributed by atoms with van der Waals surface area (Å²) in [4.78, 5) is 29.1. The van der Waals surface area contributed by atoms with Gasteiger partial charge in [-0.3, -0.25) is 9.80 Å². The van der Waals surface area contributed by atoms with Gasteiger partial charge in [0, 0.05) is 52.6 Å². The summed E-state index contributed by atoms with van der Waals surface area (Å²) >= 11 is 0. The normalized spacial score (nSPS) is 21.0. The molecular weight excluding hydrogens is 514 g/mol. The van der Waals surface area contributed by atoms with Crippen LogP contribution in [-0.4, -0.2) is 116 Å². The van der Waals surface area contributed by atoms with E-state index < -0.39 is 6.29 Å². The van der Waals surface area contributed by atoms with Crippen LogP contribution in [-0.2, 0) is 4.74 Å². The number of hydrogen-bond acceptors (Lipinski definition) is 11. The summed E-state index contributed by atoms with van der Waals surface area (Å²) in [6.45, 7) is 6.46. The van der Waals surface area contributed by atoms with Crippen molar-refractivity contribution in [1.82, 2.24) is 24.8 Å². The molecule has 0 radical (unpaired) electrons. The van der Waals surface area contributed by atoms with Crippen molar-refractivity contribution >= 4 is 29.6 Å². The van der Waals surface area contributed by atoms with Gasteiger partial charge in [-0.25, -0.2) is 35.6 Å². The van der Waals surface area contributed by atoms with Crippen LogP contribution in [0.5, 0.6) is 5.75 Å². The van der Waals surface area contributed by atoms with Crippen LogP contribution >= 0.6 is 0 Å². The molecule has 2 N–H and O–H groups in total. The fraction of sp³-hybridized carbons (Fsp3) is 0.444. The summed E-state index contributed by atoms with van der Waals surface area (Å²) < 4.78 is 16.3. The van der Waals surface area contributed by atoms with Crippen molar-refractivity contribution in [3.05, 3.63) is 54.1 Å². The molecule has 4 aliphatic rings. The van der Waals surface area contributed by atoms with E-state index in [1.165, 1.54) is 17.0 Å². The molecule has 0 bridgehead atoms. The summed E-state index contributed by atoms with van der Waals surface area (Å²) in [7, 11) is 3.41. The SMILES string of the molecule is COCCOc1ccc(N2CCN(CCCN3C(=O)N(C)N4C5=C(c6ccco6)N=CN(N)C5=NC34)CC2)cc1. The lowest BCUT2D eigenvalue weighted by Gasteiger charge is -2.36. The van der Waals surface area contributed by atoms with Crippen molar-refractivity contribution in [2.45, 2.75) is 12.7 Å². The van der Waals surface area contributed by atoms with Crippen LogP contribution in [0.4, 0.5) is 10.5 Å². The lowest BCUT2D eigenvalue weighted by molar-refractivity contribution is 0.0856. The van der Waals surface area contributed by atoms with Gasteiger partial charge in [-0.05, 0) is 49.4 Å². The van der Waals surface area contributed by atoms with Crippen molar-refractivity contribution < 1.29 is 18.7 Å². The minimum Gasteiger partial charge on any atom is -0.491 e. The fourth-order valence-corrected chi connectivity index (χ4v) is 5.46. The Morgan fingerprint density at radius 1 is 1.07 bits per heavy atom. The van der Waals surface area contributed by atoms with Crippen molar-refractivity contribution in [3.63, 3.8) is 0 Å². The quantitative estimate of drug-likeness (QED) is 0.349. The lowest BCUT2D eigenvalue weighted by Crippen LogP contribution is -2.47. The molecule has 2 fully saturated rings. The van der Waals surface area contributed by atoms with Crippen LogP contribution in [0.15, 0.2) is 62.8 Å². The number of ether oxygens (including phenoxy) is 2. The molecule has 2 saturated heterocycles. The smallest absolute Gasteiger partial charge is 0.341 e. The highest BCUT2D eigenvalue weighted by molar-refractivity contribution is 6.12. The van der Waals surface area contributed by atoms with E-state index in [-0.39, 0.29) is 6.03 Å². The number of urea groups is 1. The van der Waals surface area contributed by atoms with Crippen LogP contribution in [0.3, 0.4) is 0 Å². The molecule has 1 atom stereocenters. The standard InChI is InChI=1S/C27H35N9O4/c1-31-27(37)34(26-30-25-24(36(26)31)23(29-19-35(25)28)22-5-3-16-40-22)11-4-10-32-12-14-33(15-13-32)20-6-8-21(9-7-20)39-18-17-38-2/h3,5-9,16,19,26H,4,10-15,17-18,28H2,1-2H3. The van der Waals surface area contributed by atoms with E-state index in [0.717, 1.165) is 44.9 Å². The molecule has 1 unspecified atom stereocenters. The van der Waals surface area contributed by atoms with E-state index in [2.05, 4.69) is 26.9 Å². The molecule has 1 aromatic carbocycles. The van der Waals surface area contributed by atoms with Gasteiger partial charge in [0.2, 0.25) is 6.29 Å². The minimum atomic E-state index is -0.501. The third-order valence-corrected chi connectivity index (χ3v) is 7.56. The number of fused-ring (bicyclic) bond motifs is 3. The Hall–Kier alpha value is -4.07. The summed E-state index contributed by atoms with van der Waals surface area (Å²) in [5.41, 5.74) is 2.46. The zero-order chi connectivity index (χ0) is 27.6. The second-order valence-electron chi connectivity index (χ2n) is 9.99. The number of hydrogen-bond donors (Lipinski definition) is 1. The average molecular weight is 550 g/mol. The lowest BCUT2D eigenvalue weighted by atomic mass is 10.2. The van der Waals surface area contributed by atoms with Crippen molar-refractivity contribution in [2.75, 3.05) is 71.5 Å². The molecule has 13 heteroatoms. The molecule has 2 aromatic rings. The Kier molecular flexibility index (Phi) is 7.32. The maximum Gasteiger partial charge on any atom is 0.341 e. The van der Waals surface area contributed by atoms with Gasteiger partial charge in [-0.15, -0.1) is 0 Å². The number of furan rings is 1. The molecule has 6 rings (SSSR count). The molecule has 0 saturated carbocycles. The Balaban J connectivity index is 1.03. The number of hydrazine groups is 2. The summed E-state index contributed by atoms with van der Waals surface area (Å²) in [5.74, 6) is 8.17. The van der Waals surface area contributed by atoms with E-state index >= 15 is 0 Å². The first kappa shape index (κ1) is 26.2. The number of aliphatic imine (C=N–C) groups is 2. The molecule has 13 nitrogen and oxygen atoms in total. The first-order valence-electron chi connectivity index (χ1n) is 13.5. The van der Waals surface area contributed by atoms with Gasteiger partial charge in [-0.1, -0.05) is 0 Å². The van der Waals surface area contributed by atoms with Gasteiger partial charge in [0.15, 0.2) is 11.6 Å². The van der Waals surface area contributed by atoms with Crippen LogP contribution in [0, 0.1) is 0 Å². The predicted molar refractivity (Wildman–Crippen MR) is 150 cm³/mol. The van der Waals surface area contributed by atoms with Crippen LogP contribution in [0.25, 0.3) is 5.70 Å². The molecule has 40 heavy (non-hydrogen) atoms. The minimum absolute atomic E-state index is 0.100. The first-order valence-corrected chi connectivity index (χ1v) is 13.5. The van der Waals surface area contributed by atoms with Crippen molar-refractivity contribution in [3.8, 4) is 5.75 Å². The van der Waals surface area contributed by atoms with Gasteiger partial charge in [0.05, 0.1) is 12.9 Å². The van der Waals surface area contributed by atoms with Crippen molar-refractivity contribution in [1.29, 1.82) is 0 Å². The Labute approximate surface area is 233 Å². The van der Waals surface area contributed by atoms with Gasteiger partial charge in [-0.2, -0.15) is 0 Å². The molecule has 0 aliphatic carbocycles. The summed E-state index contributed by atoms with van der Waals surface area (Å²) in [5, 5.41) is 4.82. The number of piperazine rings is 1. The van der Waals surface area contributed by atoms with Gasteiger partial charge in [0.25, 0.3) is 0 Å². The highest BCUT2D eigenvalue weighted by Gasteiger charge is 2.51. The number of amidine groups is 1. The molecule has 4 aliphatic heterocycles. The molecular formula is C27H35N9O4. The molecule has 212 valence electrons. The Morgan fingerprint density at radius 3 is 2.60 bits per heavy atom. The zero-order valence-electron chi connectivity index (χ0n) is 22.8. The third kappa shape index (κ3) is 4.87. The Morgan fingerprint density at radius 2 is 1.88 bits per heavy atom. The molecule has 0 spiro atoms. The number of methoxy groups -OCH3 is 1. The van der Waals surface area contributed by atoms with E-state index in [1.807, 2.05) is 23.2 Å². The third-order valence-electron chi connectivity index (χ3n) is 7.56. The number of anilines is 1. The van der Waals surface area contributed by atoms with E-state index in [0.29, 0.717) is 42.7 Å². The number of nitrogens with two attached hydrogens (primary N) is 1. The highest BCUT2D eigenvalue weighted by Crippen LogP contribution is 2.38. The van der Waals surface area contributed by atoms with E-state index in [9.17, 15) is 4.79 Å². The zero-order valence-corrected chi connectivity index (χ0v) is 22.8. The highest BCUT2D eigenvalue weighted by atomic mass is 16.5. The average Bonchev–Trinajstić information content (AvgIpc) is 3.70. The molecule has 5 heterocycles. The maximum absolute atomic E-state index is 13.2. The monoisotopic (exact) mass is 549 g/mol. The first-order chi connectivity index (χ1) is 19.5. The number of benzene rings is 1. The molecule has 2 amide bonds. The van der Waals surface area contributed by atoms with Crippen molar-refractivity contribution in [2.24, 2.45) is 15.8 Å². The largest absolute Gasteiger partial charge is 0.491 e. The topological polar surface area (TPSA) is 119 Å². The Bertz CT molecular complexity index is 1290. The van der Waals surface area contributed by atoms with E-state index in [1.54, 1.807) is 36.4 Å². The number of rotatable bonds is 10. The number of carbonyl (C=O) groups is 1. The molecule has 1 aromatic heterocycles. The fourth-order valence-electron chi connectivity index (χ4n) is 5.46. The second kappa shape index (κ2) is 11.2. The predicted octanol–water partition coefficient (Wildman–Crippen LogP) is 1.68. The summed E-state index contributed by atoms with van der Waals surface area (Å²) in [6, 6.07) is 11.8. The van der Waals surface area contributed by atoms with Gasteiger partial charge in [0.1, 0.15) is 30.1 Å². The van der Waals surface area contributed by atoms with Gasteiger partial charge < -0.3 is 18.8 Å². The maximum atomic E-state index is 13.2. The van der Waals surface area contributed by atoms with Crippen LogP contribution < -0.4 is 15.5 Å². The number of nitrogens with zero attached hydrogens (tertiary/aromatic N) is 8. The van der Waals surface area contributed by atoms with Crippen LogP contribution in [0.1, 0.15) is 12.2 Å². The number of carbonyl (C=O) groups excluding carboxylic acids is 1. The second-order valence-corrected chi connectivity index (χ2v) is 9.99. The van der Waals surface area contributed by atoms with Gasteiger partial charge >= 0.3 is 6.03 Å².